The van der Waals surface area contributed by atoms with E-state index in [4.69, 9.17) is 32.7 Å². The Morgan fingerprint density at radius 1 is 1.32 bits per heavy atom. The maximum Gasteiger partial charge on any atom is 0.343 e. The summed E-state index contributed by atoms with van der Waals surface area (Å²) in [7, 11) is -1.41. The molecular weight excluding hydrogens is 303 g/mol. The fraction of sp³-hybridized carbons (Fsp3) is 0.462. The maximum absolute atomic E-state index is 11.6. The average molecular weight is 321 g/mol. The number of hydrogen-bond acceptors (Lipinski definition) is 3. The van der Waals surface area contributed by atoms with Crippen LogP contribution in [0.5, 0.6) is 5.75 Å². The molecule has 3 nitrogen and oxygen atoms in total. The molecule has 0 heterocycles. The van der Waals surface area contributed by atoms with Crippen LogP contribution in [0, 0.1) is 0 Å². The first-order valence-electron chi connectivity index (χ1n) is 6.07. The second-order valence-corrected chi connectivity index (χ2v) is 11.2. The van der Waals surface area contributed by atoms with Crippen LogP contribution in [-0.2, 0) is 9.53 Å². The Morgan fingerprint density at radius 2 is 2.00 bits per heavy atom. The van der Waals surface area contributed by atoms with E-state index in [0.29, 0.717) is 22.0 Å². The van der Waals surface area contributed by atoms with E-state index in [1.165, 1.54) is 0 Å². The van der Waals surface area contributed by atoms with E-state index in [1.54, 1.807) is 18.2 Å². The number of carbonyl (C=O) groups excluding carboxylic acids is 1. The van der Waals surface area contributed by atoms with Crippen molar-refractivity contribution in [2.45, 2.75) is 26.1 Å². The SMILES string of the molecule is CC[Si](C)(C)COC(=O)COc1ccc(Cl)cc1Cl. The summed E-state index contributed by atoms with van der Waals surface area (Å²) >= 11 is 11.7. The van der Waals surface area contributed by atoms with E-state index >= 15 is 0 Å². The van der Waals surface area contributed by atoms with Crippen molar-refractivity contribution in [3.05, 3.63) is 28.2 Å². The molecule has 0 atom stereocenters. The van der Waals surface area contributed by atoms with Crippen molar-refractivity contribution in [3.63, 3.8) is 0 Å². The van der Waals surface area contributed by atoms with Gasteiger partial charge < -0.3 is 9.47 Å². The summed E-state index contributed by atoms with van der Waals surface area (Å²) in [6.45, 7) is 6.33. The first kappa shape index (κ1) is 16.3. The van der Waals surface area contributed by atoms with Crippen LogP contribution in [0.2, 0.25) is 29.2 Å². The fourth-order valence-corrected chi connectivity index (χ4v) is 2.37. The second kappa shape index (κ2) is 7.17. The number of carbonyl (C=O) groups is 1. The molecule has 19 heavy (non-hydrogen) atoms. The van der Waals surface area contributed by atoms with Gasteiger partial charge in [0.1, 0.15) is 5.75 Å². The first-order valence-corrected chi connectivity index (χ1v) is 10.2. The van der Waals surface area contributed by atoms with Crippen molar-refractivity contribution in [3.8, 4) is 5.75 Å². The van der Waals surface area contributed by atoms with Crippen LogP contribution < -0.4 is 4.74 Å². The molecule has 0 N–H and O–H groups in total. The molecule has 0 aliphatic rings. The van der Waals surface area contributed by atoms with Crippen molar-refractivity contribution < 1.29 is 14.3 Å². The van der Waals surface area contributed by atoms with E-state index in [-0.39, 0.29) is 12.6 Å². The van der Waals surface area contributed by atoms with Gasteiger partial charge in [-0.1, -0.05) is 49.3 Å². The fourth-order valence-electron chi connectivity index (χ4n) is 1.15. The molecule has 0 saturated carbocycles. The second-order valence-electron chi connectivity index (χ2n) is 5.04. The predicted octanol–water partition coefficient (Wildman–Crippen LogP) is 4.18. The van der Waals surface area contributed by atoms with Crippen LogP contribution in [0.25, 0.3) is 0 Å². The van der Waals surface area contributed by atoms with Crippen LogP contribution in [-0.4, -0.2) is 26.9 Å². The molecule has 0 aliphatic heterocycles. The van der Waals surface area contributed by atoms with Gasteiger partial charge in [0.2, 0.25) is 0 Å². The van der Waals surface area contributed by atoms with Crippen LogP contribution in [0.4, 0.5) is 0 Å². The molecule has 1 aromatic carbocycles. The van der Waals surface area contributed by atoms with Crippen LogP contribution in [0.1, 0.15) is 6.92 Å². The van der Waals surface area contributed by atoms with E-state index in [0.717, 1.165) is 6.04 Å². The molecular formula is C13H18Cl2O3Si. The highest BCUT2D eigenvalue weighted by molar-refractivity contribution is 6.77. The minimum Gasteiger partial charge on any atom is -0.480 e. The van der Waals surface area contributed by atoms with Gasteiger partial charge in [-0.3, -0.25) is 0 Å². The number of rotatable bonds is 6. The Hall–Kier alpha value is -0.713. The lowest BCUT2D eigenvalue weighted by atomic mass is 10.3. The van der Waals surface area contributed by atoms with Gasteiger partial charge >= 0.3 is 5.97 Å². The summed E-state index contributed by atoms with van der Waals surface area (Å²) in [4.78, 5) is 11.6. The third-order valence-corrected chi connectivity index (χ3v) is 6.19. The quantitative estimate of drug-likeness (QED) is 0.582. The Labute approximate surface area is 124 Å². The first-order chi connectivity index (χ1) is 8.84. The van der Waals surface area contributed by atoms with Gasteiger partial charge in [-0.05, 0) is 18.2 Å². The number of hydrogen-bond donors (Lipinski definition) is 0. The van der Waals surface area contributed by atoms with Gasteiger partial charge in [0.25, 0.3) is 0 Å². The molecule has 0 saturated heterocycles. The Morgan fingerprint density at radius 3 is 2.58 bits per heavy atom. The summed E-state index contributed by atoms with van der Waals surface area (Å²) in [5.41, 5.74) is 0. The molecule has 0 aromatic heterocycles. The molecule has 6 heteroatoms. The Kier molecular flexibility index (Phi) is 6.17. The normalized spacial score (nSPS) is 11.2. The smallest absolute Gasteiger partial charge is 0.343 e. The Bertz CT molecular complexity index is 450. The van der Waals surface area contributed by atoms with Crippen molar-refractivity contribution in [1.82, 2.24) is 0 Å². The summed E-state index contributed by atoms with van der Waals surface area (Å²) in [6.07, 6.45) is 0.514. The number of benzene rings is 1. The zero-order valence-corrected chi connectivity index (χ0v) is 13.8. The van der Waals surface area contributed by atoms with E-state index in [2.05, 4.69) is 20.0 Å². The Balaban J connectivity index is 2.42. The summed E-state index contributed by atoms with van der Waals surface area (Å²) in [5, 5.41) is 0.902. The van der Waals surface area contributed by atoms with Crippen molar-refractivity contribution >= 4 is 37.2 Å². The standard InChI is InChI=1S/C13H18Cl2O3Si/c1-4-19(2,3)9-18-13(16)8-17-12-6-5-10(14)7-11(12)15/h5-7H,4,8-9H2,1-3H3. The van der Waals surface area contributed by atoms with Crippen molar-refractivity contribution in [2.24, 2.45) is 0 Å². The number of ether oxygens (including phenoxy) is 2. The molecule has 0 radical (unpaired) electrons. The molecule has 1 aromatic rings. The van der Waals surface area contributed by atoms with Crippen LogP contribution in [0.3, 0.4) is 0 Å². The molecule has 0 unspecified atom stereocenters. The number of esters is 1. The summed E-state index contributed by atoms with van der Waals surface area (Å²) < 4.78 is 10.5. The third-order valence-electron chi connectivity index (χ3n) is 2.82. The topological polar surface area (TPSA) is 35.5 Å². The predicted molar refractivity (Wildman–Crippen MR) is 80.9 cm³/mol. The van der Waals surface area contributed by atoms with Gasteiger partial charge in [-0.15, -0.1) is 0 Å². The lowest BCUT2D eigenvalue weighted by Crippen LogP contribution is -2.34. The molecule has 0 spiro atoms. The average Bonchev–Trinajstić information content (AvgIpc) is 2.35. The lowest BCUT2D eigenvalue weighted by molar-refractivity contribution is -0.144. The third kappa shape index (κ3) is 5.85. The largest absolute Gasteiger partial charge is 0.480 e. The van der Waals surface area contributed by atoms with Gasteiger partial charge in [0.05, 0.1) is 19.3 Å². The minimum atomic E-state index is -1.41. The molecule has 0 fully saturated rings. The van der Waals surface area contributed by atoms with E-state index in [1.807, 2.05) is 0 Å². The highest BCUT2D eigenvalue weighted by Crippen LogP contribution is 2.27. The lowest BCUT2D eigenvalue weighted by Gasteiger charge is -2.19. The zero-order valence-electron chi connectivity index (χ0n) is 11.3. The minimum absolute atomic E-state index is 0.143. The van der Waals surface area contributed by atoms with Crippen LogP contribution >= 0.6 is 23.2 Å². The monoisotopic (exact) mass is 320 g/mol. The van der Waals surface area contributed by atoms with Crippen molar-refractivity contribution in [1.29, 1.82) is 0 Å². The highest BCUT2D eigenvalue weighted by atomic mass is 35.5. The molecule has 106 valence electrons. The van der Waals surface area contributed by atoms with Crippen molar-refractivity contribution in [2.75, 3.05) is 12.8 Å². The molecule has 0 bridgehead atoms. The van der Waals surface area contributed by atoms with Gasteiger partial charge in [0.15, 0.2) is 6.61 Å². The van der Waals surface area contributed by atoms with E-state index < -0.39 is 8.07 Å². The van der Waals surface area contributed by atoms with Gasteiger partial charge in [0, 0.05) is 5.02 Å². The molecule has 1 rings (SSSR count). The zero-order chi connectivity index (χ0) is 14.5. The van der Waals surface area contributed by atoms with E-state index in [9.17, 15) is 4.79 Å². The maximum atomic E-state index is 11.6. The summed E-state index contributed by atoms with van der Waals surface area (Å²) in [6, 6.07) is 5.92. The molecule has 0 amide bonds. The van der Waals surface area contributed by atoms with Gasteiger partial charge in [-0.25, -0.2) is 4.79 Å². The van der Waals surface area contributed by atoms with Gasteiger partial charge in [-0.2, -0.15) is 0 Å². The van der Waals surface area contributed by atoms with Crippen LogP contribution in [0.15, 0.2) is 18.2 Å². The highest BCUT2D eigenvalue weighted by Gasteiger charge is 2.20. The number of halogens is 2. The molecule has 0 aliphatic carbocycles. The summed E-state index contributed by atoms with van der Waals surface area (Å²) in [5.74, 6) is 0.0510.